The van der Waals surface area contributed by atoms with Crippen LogP contribution in [0.2, 0.25) is 0 Å². The zero-order chi connectivity index (χ0) is 15.9. The predicted molar refractivity (Wildman–Crippen MR) is 82.0 cm³/mol. The van der Waals surface area contributed by atoms with Crippen molar-refractivity contribution in [1.29, 1.82) is 0 Å². The lowest BCUT2D eigenvalue weighted by Gasteiger charge is -2.10. The molecular weight excluding hydrogens is 313 g/mol. The van der Waals surface area contributed by atoms with E-state index in [0.29, 0.717) is 23.9 Å². The van der Waals surface area contributed by atoms with E-state index in [1.54, 1.807) is 6.20 Å². The average Bonchev–Trinajstić information content (AvgIpc) is 2.46. The maximum atomic E-state index is 13.4. The van der Waals surface area contributed by atoms with Crippen molar-refractivity contribution in [3.05, 3.63) is 46.9 Å². The van der Waals surface area contributed by atoms with Gasteiger partial charge >= 0.3 is 0 Å². The highest BCUT2D eigenvalue weighted by molar-refractivity contribution is 8.14. The Kier molecular flexibility index (Phi) is 6.33. The molecule has 0 amide bonds. The fraction of sp³-hybridized carbons (Fsp3) is 0.400. The Morgan fingerprint density at radius 1 is 1.18 bits per heavy atom. The zero-order valence-electron chi connectivity index (χ0n) is 11.9. The van der Waals surface area contributed by atoms with Gasteiger partial charge in [-0.1, -0.05) is 11.8 Å². The van der Waals surface area contributed by atoms with Gasteiger partial charge in [0.25, 0.3) is 0 Å². The van der Waals surface area contributed by atoms with Crippen LogP contribution in [0.1, 0.15) is 24.8 Å². The number of amidine groups is 1. The molecule has 0 radical (unpaired) electrons. The van der Waals surface area contributed by atoms with Crippen molar-refractivity contribution < 1.29 is 17.9 Å². The van der Waals surface area contributed by atoms with E-state index in [-0.39, 0.29) is 12.2 Å². The first-order valence-electron chi connectivity index (χ1n) is 6.91. The maximum absolute atomic E-state index is 13.4. The molecule has 1 aliphatic rings. The summed E-state index contributed by atoms with van der Waals surface area (Å²) >= 11 is 1.51. The lowest BCUT2D eigenvalue weighted by Crippen LogP contribution is -2.10. The fourth-order valence-corrected chi connectivity index (χ4v) is 2.65. The third-order valence-corrected chi connectivity index (χ3v) is 4.08. The number of hydrogen-bond donors (Lipinski definition) is 1. The first kappa shape index (κ1) is 16.9. The van der Waals surface area contributed by atoms with Crippen LogP contribution in [0, 0.1) is 17.5 Å². The van der Waals surface area contributed by atoms with Crippen molar-refractivity contribution in [2.45, 2.75) is 25.9 Å². The molecule has 7 heteroatoms. The molecule has 3 nitrogen and oxygen atoms in total. The van der Waals surface area contributed by atoms with E-state index in [9.17, 15) is 13.2 Å². The molecule has 2 rings (SSSR count). The van der Waals surface area contributed by atoms with Crippen molar-refractivity contribution in [3.8, 4) is 0 Å². The number of ether oxygens (including phenoxy) is 1. The van der Waals surface area contributed by atoms with Gasteiger partial charge in [0.05, 0.1) is 6.61 Å². The molecule has 0 saturated carbocycles. The van der Waals surface area contributed by atoms with Crippen LogP contribution >= 0.6 is 11.8 Å². The second-order valence-corrected chi connectivity index (χ2v) is 5.90. The molecule has 0 unspecified atom stereocenters. The molecule has 2 N–H and O–H groups in total. The summed E-state index contributed by atoms with van der Waals surface area (Å²) in [6.07, 6.45) is 4.35. The number of benzene rings is 1. The van der Waals surface area contributed by atoms with Crippen molar-refractivity contribution in [3.63, 3.8) is 0 Å². The minimum Gasteiger partial charge on any atom is -0.378 e. The van der Waals surface area contributed by atoms with E-state index in [4.69, 9.17) is 10.5 Å². The largest absolute Gasteiger partial charge is 0.378 e. The molecule has 0 aliphatic carbocycles. The number of aliphatic imine (C=N–C) groups is 1. The molecule has 1 aromatic carbocycles. The molecule has 0 fully saturated rings. The monoisotopic (exact) mass is 330 g/mol. The number of hydrogen-bond acceptors (Lipinski definition) is 4. The number of nitrogens with zero attached hydrogens (tertiary/aromatic N) is 1. The van der Waals surface area contributed by atoms with E-state index in [1.165, 1.54) is 17.3 Å². The number of nitrogens with two attached hydrogens (primary N) is 1. The zero-order valence-corrected chi connectivity index (χ0v) is 12.8. The predicted octanol–water partition coefficient (Wildman–Crippen LogP) is 3.74. The van der Waals surface area contributed by atoms with Crippen LogP contribution in [0.15, 0.2) is 28.9 Å². The molecule has 120 valence electrons. The Morgan fingerprint density at radius 3 is 2.55 bits per heavy atom. The van der Waals surface area contributed by atoms with E-state index < -0.39 is 17.5 Å². The van der Waals surface area contributed by atoms with Gasteiger partial charge in [0, 0.05) is 36.3 Å². The van der Waals surface area contributed by atoms with Crippen LogP contribution in [-0.4, -0.2) is 17.5 Å². The van der Waals surface area contributed by atoms with Crippen molar-refractivity contribution >= 4 is 16.9 Å². The van der Waals surface area contributed by atoms with Crippen molar-refractivity contribution in [1.82, 2.24) is 0 Å². The lowest BCUT2D eigenvalue weighted by atomic mass is 10.1. The molecule has 1 aliphatic heterocycles. The second kappa shape index (κ2) is 8.24. The smallest absolute Gasteiger partial charge is 0.158 e. The van der Waals surface area contributed by atoms with Gasteiger partial charge in [-0.2, -0.15) is 0 Å². The van der Waals surface area contributed by atoms with Gasteiger partial charge in [-0.3, -0.25) is 0 Å². The SMILES string of the molecule is NC1=NC=C(CCCCOCc2c(F)cc(F)cc2F)CS1. The standard InChI is InChI=1S/C15H17F3N2OS/c16-11-5-13(17)12(14(18)6-11)8-21-4-2-1-3-10-7-20-15(19)22-9-10/h5-7H,1-4,8-9H2,(H2,19,20). The first-order chi connectivity index (χ1) is 10.6. The molecule has 1 heterocycles. The molecule has 22 heavy (non-hydrogen) atoms. The van der Waals surface area contributed by atoms with E-state index in [2.05, 4.69) is 4.99 Å². The third-order valence-electron chi connectivity index (χ3n) is 3.17. The fourth-order valence-electron chi connectivity index (χ4n) is 1.97. The number of halogens is 3. The highest BCUT2D eigenvalue weighted by Gasteiger charge is 2.11. The Balaban J connectivity index is 1.66. The normalized spacial score (nSPS) is 14.7. The summed E-state index contributed by atoms with van der Waals surface area (Å²) in [6.45, 7) is 0.194. The summed E-state index contributed by atoms with van der Waals surface area (Å²) in [5.74, 6) is -1.92. The van der Waals surface area contributed by atoms with Crippen LogP contribution in [0.5, 0.6) is 0 Å². The Morgan fingerprint density at radius 2 is 1.91 bits per heavy atom. The van der Waals surface area contributed by atoms with Gasteiger partial charge < -0.3 is 10.5 Å². The Labute approximate surface area is 131 Å². The van der Waals surface area contributed by atoms with Crippen LogP contribution in [0.25, 0.3) is 0 Å². The van der Waals surface area contributed by atoms with Gasteiger partial charge in [0.2, 0.25) is 0 Å². The minimum atomic E-state index is -0.930. The van der Waals surface area contributed by atoms with E-state index >= 15 is 0 Å². The summed E-state index contributed by atoms with van der Waals surface area (Å²) in [5.41, 5.74) is 6.52. The van der Waals surface area contributed by atoms with Gasteiger partial charge in [-0.05, 0) is 24.8 Å². The topological polar surface area (TPSA) is 47.6 Å². The molecule has 0 spiro atoms. The van der Waals surface area contributed by atoms with E-state index in [1.807, 2.05) is 0 Å². The number of unbranched alkanes of at least 4 members (excludes halogenated alkanes) is 1. The molecule has 0 aromatic heterocycles. The van der Waals surface area contributed by atoms with Gasteiger partial charge in [-0.25, -0.2) is 18.2 Å². The van der Waals surface area contributed by atoms with Crippen molar-refractivity contribution in [2.75, 3.05) is 12.4 Å². The summed E-state index contributed by atoms with van der Waals surface area (Å²) in [5, 5.41) is 0.579. The van der Waals surface area contributed by atoms with Gasteiger partial charge in [-0.15, -0.1) is 0 Å². The molecule has 1 aromatic rings. The minimum absolute atomic E-state index is 0.197. The van der Waals surface area contributed by atoms with Gasteiger partial charge in [0.15, 0.2) is 5.17 Å². The summed E-state index contributed by atoms with van der Waals surface area (Å²) in [7, 11) is 0. The summed E-state index contributed by atoms with van der Waals surface area (Å²) in [4.78, 5) is 4.04. The Hall–Kier alpha value is -1.47. The second-order valence-electron chi connectivity index (χ2n) is 4.90. The average molecular weight is 330 g/mol. The van der Waals surface area contributed by atoms with Crippen LogP contribution < -0.4 is 5.73 Å². The Bertz CT molecular complexity index is 567. The van der Waals surface area contributed by atoms with Crippen LogP contribution in [0.4, 0.5) is 13.2 Å². The molecule has 0 bridgehead atoms. The van der Waals surface area contributed by atoms with E-state index in [0.717, 1.165) is 25.0 Å². The summed E-state index contributed by atoms with van der Waals surface area (Å²) in [6, 6.07) is 1.31. The highest BCUT2D eigenvalue weighted by Crippen LogP contribution is 2.19. The molecular formula is C15H17F3N2OS. The third kappa shape index (κ3) is 5.06. The molecule has 0 saturated heterocycles. The molecule has 0 atom stereocenters. The first-order valence-corrected chi connectivity index (χ1v) is 7.90. The number of thioether (sulfide) groups is 1. The highest BCUT2D eigenvalue weighted by atomic mass is 32.2. The van der Waals surface area contributed by atoms with Crippen LogP contribution in [0.3, 0.4) is 0 Å². The maximum Gasteiger partial charge on any atom is 0.158 e. The summed E-state index contributed by atoms with van der Waals surface area (Å²) < 4.78 is 44.7. The van der Waals surface area contributed by atoms with Gasteiger partial charge in [0.1, 0.15) is 17.5 Å². The van der Waals surface area contributed by atoms with Crippen LogP contribution in [-0.2, 0) is 11.3 Å². The van der Waals surface area contributed by atoms with Crippen molar-refractivity contribution in [2.24, 2.45) is 10.7 Å². The number of rotatable bonds is 7. The quantitative estimate of drug-likeness (QED) is 0.775. The lowest BCUT2D eigenvalue weighted by molar-refractivity contribution is 0.112.